The third-order valence-corrected chi connectivity index (χ3v) is 7.10. The summed E-state index contributed by atoms with van der Waals surface area (Å²) in [4.78, 5) is 27.0. The lowest BCUT2D eigenvalue weighted by Crippen LogP contribution is -2.52. The number of carbonyl (C=O) groups excluding carboxylic acids is 2. The van der Waals surface area contributed by atoms with Crippen LogP contribution < -0.4 is 9.62 Å². The van der Waals surface area contributed by atoms with Gasteiger partial charge in [-0.3, -0.25) is 9.59 Å². The number of halogens is 2. The van der Waals surface area contributed by atoms with E-state index in [0.717, 1.165) is 30.8 Å². The smallest absolute Gasteiger partial charge is 0.304 e. The zero-order chi connectivity index (χ0) is 24.1. The second kappa shape index (κ2) is 10.9. The van der Waals surface area contributed by atoms with E-state index in [1.165, 1.54) is 38.2 Å². The first-order chi connectivity index (χ1) is 15.0. The van der Waals surface area contributed by atoms with E-state index in [0.29, 0.717) is 0 Å². The molecule has 2 rings (SSSR count). The zero-order valence-corrected chi connectivity index (χ0v) is 20.7. The highest BCUT2D eigenvalue weighted by Crippen LogP contribution is 2.21. The van der Waals surface area contributed by atoms with Crippen LogP contribution >= 0.6 is 15.9 Å². The summed E-state index contributed by atoms with van der Waals surface area (Å²) in [6, 6.07) is 11.2. The molecule has 0 saturated heterocycles. The van der Waals surface area contributed by atoms with Gasteiger partial charge in [-0.2, -0.15) is 12.7 Å². The molecule has 8 nitrogen and oxygen atoms in total. The Labute approximate surface area is 196 Å². The molecule has 0 fully saturated rings. The Hall–Kier alpha value is -2.50. The summed E-state index contributed by atoms with van der Waals surface area (Å²) in [6.45, 7) is 1.09. The standard InChI is InChI=1S/C21H26BrFN4O4S/c1-15(21(29)24-2)26(13-16-6-5-7-17(22)12-16)20(28)14-27(32(30,31)25(3)4)19-10-8-18(23)9-11-19/h5-12,15H,13-14H2,1-4H3,(H,24,29). The number of likely N-dealkylation sites (N-methyl/N-ethyl adjacent to an activating group) is 1. The first kappa shape index (κ1) is 25.8. The molecule has 0 aliphatic carbocycles. The first-order valence-electron chi connectivity index (χ1n) is 9.68. The van der Waals surface area contributed by atoms with Crippen molar-refractivity contribution >= 4 is 43.6 Å². The highest BCUT2D eigenvalue weighted by atomic mass is 79.9. The zero-order valence-electron chi connectivity index (χ0n) is 18.2. The monoisotopic (exact) mass is 528 g/mol. The number of nitrogens with zero attached hydrogens (tertiary/aromatic N) is 3. The minimum Gasteiger partial charge on any atom is -0.357 e. The minimum atomic E-state index is -4.08. The quantitative estimate of drug-likeness (QED) is 0.540. The maximum Gasteiger partial charge on any atom is 0.304 e. The summed E-state index contributed by atoms with van der Waals surface area (Å²) in [7, 11) is 0.0565. The summed E-state index contributed by atoms with van der Waals surface area (Å²) in [5.74, 6) is -1.51. The van der Waals surface area contributed by atoms with Crippen molar-refractivity contribution in [2.24, 2.45) is 0 Å². The summed E-state index contributed by atoms with van der Waals surface area (Å²) in [5, 5.41) is 2.51. The number of nitrogens with one attached hydrogen (secondary N) is 1. The fraction of sp³-hybridized carbons (Fsp3) is 0.333. The second-order valence-electron chi connectivity index (χ2n) is 7.22. The number of amides is 2. The van der Waals surface area contributed by atoms with Gasteiger partial charge in [0.2, 0.25) is 11.8 Å². The number of carbonyl (C=O) groups is 2. The van der Waals surface area contributed by atoms with Crippen molar-refractivity contribution in [3.63, 3.8) is 0 Å². The van der Waals surface area contributed by atoms with Gasteiger partial charge in [-0.15, -0.1) is 0 Å². The topological polar surface area (TPSA) is 90.0 Å². The predicted molar refractivity (Wildman–Crippen MR) is 125 cm³/mol. The second-order valence-corrected chi connectivity index (χ2v) is 10.2. The van der Waals surface area contributed by atoms with Crippen molar-refractivity contribution in [2.45, 2.75) is 19.5 Å². The van der Waals surface area contributed by atoms with Gasteiger partial charge in [-0.05, 0) is 48.9 Å². The normalized spacial score (nSPS) is 12.3. The van der Waals surface area contributed by atoms with E-state index >= 15 is 0 Å². The number of benzene rings is 2. The van der Waals surface area contributed by atoms with E-state index in [-0.39, 0.29) is 12.2 Å². The molecule has 1 unspecified atom stereocenters. The molecule has 0 heterocycles. The van der Waals surface area contributed by atoms with Crippen LogP contribution in [-0.2, 0) is 26.3 Å². The third-order valence-electron chi connectivity index (χ3n) is 4.79. The maximum atomic E-state index is 13.4. The van der Waals surface area contributed by atoms with E-state index in [1.54, 1.807) is 19.1 Å². The van der Waals surface area contributed by atoms with Gasteiger partial charge in [0, 0.05) is 32.2 Å². The lowest BCUT2D eigenvalue weighted by Gasteiger charge is -2.32. The molecule has 32 heavy (non-hydrogen) atoms. The van der Waals surface area contributed by atoms with Crippen molar-refractivity contribution < 1.29 is 22.4 Å². The average molecular weight is 529 g/mol. The SMILES string of the molecule is CNC(=O)C(C)N(Cc1cccc(Br)c1)C(=O)CN(c1ccc(F)cc1)S(=O)(=O)N(C)C. The molecule has 0 aliphatic rings. The van der Waals surface area contributed by atoms with Gasteiger partial charge >= 0.3 is 10.2 Å². The van der Waals surface area contributed by atoms with E-state index in [2.05, 4.69) is 21.2 Å². The molecule has 0 bridgehead atoms. The van der Waals surface area contributed by atoms with Gasteiger partial charge in [-0.25, -0.2) is 8.70 Å². The van der Waals surface area contributed by atoms with Crippen molar-refractivity contribution in [3.8, 4) is 0 Å². The summed E-state index contributed by atoms with van der Waals surface area (Å²) < 4.78 is 41.9. The molecule has 0 aliphatic heterocycles. The molecule has 174 valence electrons. The molecule has 0 spiro atoms. The average Bonchev–Trinajstić information content (AvgIpc) is 2.75. The fourth-order valence-electron chi connectivity index (χ4n) is 2.95. The molecular formula is C21H26BrFN4O4S. The van der Waals surface area contributed by atoms with Crippen molar-refractivity contribution in [2.75, 3.05) is 32.0 Å². The first-order valence-corrected chi connectivity index (χ1v) is 11.9. The summed E-state index contributed by atoms with van der Waals surface area (Å²) in [5.41, 5.74) is 0.885. The van der Waals surface area contributed by atoms with E-state index in [1.807, 2.05) is 12.1 Å². The molecule has 0 radical (unpaired) electrons. The minimum absolute atomic E-state index is 0.0894. The van der Waals surface area contributed by atoms with Crippen LogP contribution in [0.15, 0.2) is 53.0 Å². The van der Waals surface area contributed by atoms with Crippen LogP contribution in [0.1, 0.15) is 12.5 Å². The number of hydrogen-bond acceptors (Lipinski definition) is 4. The molecule has 0 saturated carbocycles. The highest BCUT2D eigenvalue weighted by molar-refractivity contribution is 9.10. The van der Waals surface area contributed by atoms with Gasteiger partial charge in [-0.1, -0.05) is 28.1 Å². The van der Waals surface area contributed by atoms with Crippen LogP contribution in [0.2, 0.25) is 0 Å². The maximum absolute atomic E-state index is 13.4. The van der Waals surface area contributed by atoms with Gasteiger partial charge in [0.25, 0.3) is 0 Å². The van der Waals surface area contributed by atoms with Gasteiger partial charge in [0.15, 0.2) is 0 Å². The molecule has 2 aromatic rings. The van der Waals surface area contributed by atoms with E-state index in [4.69, 9.17) is 0 Å². The van der Waals surface area contributed by atoms with Crippen LogP contribution in [0.4, 0.5) is 10.1 Å². The fourth-order valence-corrected chi connectivity index (χ4v) is 4.45. The molecule has 11 heteroatoms. The largest absolute Gasteiger partial charge is 0.357 e. The Morgan fingerprint density at radius 2 is 1.75 bits per heavy atom. The molecule has 1 atom stereocenters. The lowest BCUT2D eigenvalue weighted by atomic mass is 10.1. The predicted octanol–water partition coefficient (Wildman–Crippen LogP) is 2.36. The van der Waals surface area contributed by atoms with Crippen LogP contribution in [0.25, 0.3) is 0 Å². The Morgan fingerprint density at radius 3 is 2.28 bits per heavy atom. The van der Waals surface area contributed by atoms with Gasteiger partial charge in [0.1, 0.15) is 18.4 Å². The van der Waals surface area contributed by atoms with Crippen molar-refractivity contribution in [3.05, 3.63) is 64.4 Å². The molecular weight excluding hydrogens is 503 g/mol. The number of hydrogen-bond donors (Lipinski definition) is 1. The highest BCUT2D eigenvalue weighted by Gasteiger charge is 2.32. The Morgan fingerprint density at radius 1 is 1.12 bits per heavy atom. The molecule has 1 N–H and O–H groups in total. The van der Waals surface area contributed by atoms with Gasteiger partial charge in [0.05, 0.1) is 5.69 Å². The lowest BCUT2D eigenvalue weighted by molar-refractivity contribution is -0.139. The number of anilines is 1. The van der Waals surface area contributed by atoms with E-state index < -0.39 is 40.4 Å². The molecule has 2 aromatic carbocycles. The third kappa shape index (κ3) is 6.27. The summed E-state index contributed by atoms with van der Waals surface area (Å²) in [6.07, 6.45) is 0. The Kier molecular flexibility index (Phi) is 8.76. The van der Waals surface area contributed by atoms with Crippen LogP contribution in [0.5, 0.6) is 0 Å². The number of rotatable bonds is 9. The Balaban J connectivity index is 2.44. The van der Waals surface area contributed by atoms with Gasteiger partial charge < -0.3 is 10.2 Å². The van der Waals surface area contributed by atoms with Crippen LogP contribution in [-0.4, -0.2) is 63.2 Å². The Bertz CT molecular complexity index is 1060. The molecule has 0 aromatic heterocycles. The van der Waals surface area contributed by atoms with Crippen molar-refractivity contribution in [1.29, 1.82) is 0 Å². The van der Waals surface area contributed by atoms with E-state index in [9.17, 15) is 22.4 Å². The van der Waals surface area contributed by atoms with Crippen LogP contribution in [0.3, 0.4) is 0 Å². The van der Waals surface area contributed by atoms with Crippen molar-refractivity contribution in [1.82, 2.24) is 14.5 Å². The molecule has 2 amide bonds. The summed E-state index contributed by atoms with van der Waals surface area (Å²) >= 11 is 3.38. The van der Waals surface area contributed by atoms with Crippen LogP contribution in [0, 0.1) is 5.82 Å².